The standard InChI is InChI=1S/C19H22ClFN4O3/c1-19(2,3)28-18(26)25-6-4-12(5-7-25)27-17-11-22-15(10-24-17)13-9-23-16(20)8-14(13)21/h8-12H,4-7H2,1-3H3. The molecule has 3 heterocycles. The molecule has 150 valence electrons. The number of ether oxygens (including phenoxy) is 2. The molecule has 28 heavy (non-hydrogen) atoms. The van der Waals surface area contributed by atoms with Crippen LogP contribution in [0, 0.1) is 5.82 Å². The summed E-state index contributed by atoms with van der Waals surface area (Å²) in [4.78, 5) is 26.0. The van der Waals surface area contributed by atoms with E-state index in [1.807, 2.05) is 20.8 Å². The molecule has 0 atom stereocenters. The lowest BCUT2D eigenvalue weighted by molar-refractivity contribution is 0.0122. The number of likely N-dealkylation sites (tertiary alicyclic amines) is 1. The average molecular weight is 409 g/mol. The van der Waals surface area contributed by atoms with Gasteiger partial charge in [0.15, 0.2) is 0 Å². The number of hydrogen-bond donors (Lipinski definition) is 0. The molecule has 0 radical (unpaired) electrons. The first-order valence-electron chi connectivity index (χ1n) is 8.99. The summed E-state index contributed by atoms with van der Waals surface area (Å²) in [5, 5.41) is 0.0758. The third-order valence-electron chi connectivity index (χ3n) is 4.11. The van der Waals surface area contributed by atoms with E-state index < -0.39 is 11.4 Å². The van der Waals surface area contributed by atoms with E-state index in [2.05, 4.69) is 15.0 Å². The van der Waals surface area contributed by atoms with Gasteiger partial charge in [-0.15, -0.1) is 0 Å². The Kier molecular flexibility index (Phi) is 5.98. The number of carbonyl (C=O) groups excluding carboxylic acids is 1. The van der Waals surface area contributed by atoms with Gasteiger partial charge in [-0.25, -0.2) is 24.1 Å². The van der Waals surface area contributed by atoms with Crippen LogP contribution in [0.1, 0.15) is 33.6 Å². The van der Waals surface area contributed by atoms with Crippen molar-refractivity contribution in [3.8, 4) is 17.1 Å². The van der Waals surface area contributed by atoms with Gasteiger partial charge in [0.25, 0.3) is 0 Å². The summed E-state index contributed by atoms with van der Waals surface area (Å²) in [6.45, 7) is 6.62. The molecule has 1 fully saturated rings. The molecule has 1 saturated heterocycles. The van der Waals surface area contributed by atoms with Gasteiger partial charge in [0.2, 0.25) is 5.88 Å². The first kappa shape index (κ1) is 20.3. The summed E-state index contributed by atoms with van der Waals surface area (Å²) in [5.41, 5.74) is 0.0452. The predicted octanol–water partition coefficient (Wildman–Crippen LogP) is 4.11. The van der Waals surface area contributed by atoms with Crippen molar-refractivity contribution in [2.24, 2.45) is 0 Å². The Morgan fingerprint density at radius 2 is 1.89 bits per heavy atom. The molecule has 1 aliphatic rings. The Balaban J connectivity index is 1.55. The predicted molar refractivity (Wildman–Crippen MR) is 102 cm³/mol. The molecule has 3 rings (SSSR count). The number of piperidine rings is 1. The Labute approximate surface area is 167 Å². The fourth-order valence-electron chi connectivity index (χ4n) is 2.77. The number of amides is 1. The molecule has 0 spiro atoms. The molecule has 1 amide bonds. The van der Waals surface area contributed by atoms with Gasteiger partial charge < -0.3 is 14.4 Å². The van der Waals surface area contributed by atoms with Gasteiger partial charge in [0.1, 0.15) is 22.7 Å². The van der Waals surface area contributed by atoms with E-state index in [1.165, 1.54) is 18.6 Å². The molecule has 0 saturated carbocycles. The van der Waals surface area contributed by atoms with Crippen LogP contribution in [0.3, 0.4) is 0 Å². The number of pyridine rings is 1. The fourth-order valence-corrected chi connectivity index (χ4v) is 2.91. The second-order valence-corrected chi connectivity index (χ2v) is 7.90. The number of aromatic nitrogens is 3. The molecule has 0 N–H and O–H groups in total. The van der Waals surface area contributed by atoms with Crippen molar-refractivity contribution < 1.29 is 18.7 Å². The highest BCUT2D eigenvalue weighted by Gasteiger charge is 2.27. The van der Waals surface area contributed by atoms with Crippen molar-refractivity contribution in [1.29, 1.82) is 0 Å². The van der Waals surface area contributed by atoms with Gasteiger partial charge in [-0.1, -0.05) is 11.6 Å². The molecule has 0 aliphatic carbocycles. The summed E-state index contributed by atoms with van der Waals surface area (Å²) in [6.07, 6.45) is 5.13. The first-order chi connectivity index (χ1) is 13.2. The van der Waals surface area contributed by atoms with Crippen molar-refractivity contribution >= 4 is 17.7 Å². The highest BCUT2D eigenvalue weighted by Crippen LogP contribution is 2.23. The Bertz CT molecular complexity index is 834. The van der Waals surface area contributed by atoms with E-state index in [-0.39, 0.29) is 22.9 Å². The third-order valence-corrected chi connectivity index (χ3v) is 4.31. The number of nitrogens with zero attached hydrogens (tertiary/aromatic N) is 4. The maximum absolute atomic E-state index is 13.9. The SMILES string of the molecule is CC(C)(C)OC(=O)N1CCC(Oc2cnc(-c3cnc(Cl)cc3F)cn2)CC1. The quantitative estimate of drug-likeness (QED) is 0.711. The monoisotopic (exact) mass is 408 g/mol. The molecular weight excluding hydrogens is 387 g/mol. The van der Waals surface area contributed by atoms with Crippen LogP contribution in [0.25, 0.3) is 11.3 Å². The topological polar surface area (TPSA) is 77.4 Å². The Hall–Kier alpha value is -2.48. The van der Waals surface area contributed by atoms with E-state index in [1.54, 1.807) is 4.90 Å². The molecule has 2 aromatic heterocycles. The summed E-state index contributed by atoms with van der Waals surface area (Å²) in [5.74, 6) is -0.167. The van der Waals surface area contributed by atoms with Crippen molar-refractivity contribution in [1.82, 2.24) is 19.9 Å². The average Bonchev–Trinajstić information content (AvgIpc) is 2.62. The van der Waals surface area contributed by atoms with Gasteiger partial charge in [-0.05, 0) is 20.8 Å². The lowest BCUT2D eigenvalue weighted by Crippen LogP contribution is -2.44. The largest absolute Gasteiger partial charge is 0.473 e. The van der Waals surface area contributed by atoms with Gasteiger partial charge in [-0.2, -0.15) is 0 Å². The van der Waals surface area contributed by atoms with Crippen LogP contribution in [-0.2, 0) is 4.74 Å². The highest BCUT2D eigenvalue weighted by atomic mass is 35.5. The third kappa shape index (κ3) is 5.28. The molecule has 9 heteroatoms. The molecule has 0 aromatic carbocycles. The van der Waals surface area contributed by atoms with Crippen LogP contribution in [0.4, 0.5) is 9.18 Å². The highest BCUT2D eigenvalue weighted by molar-refractivity contribution is 6.29. The lowest BCUT2D eigenvalue weighted by atomic mass is 10.1. The maximum Gasteiger partial charge on any atom is 0.410 e. The summed E-state index contributed by atoms with van der Waals surface area (Å²) >= 11 is 5.66. The molecule has 0 unspecified atom stereocenters. The molecular formula is C19H22ClFN4O3. The lowest BCUT2D eigenvalue weighted by Gasteiger charge is -2.33. The van der Waals surface area contributed by atoms with Gasteiger partial charge >= 0.3 is 6.09 Å². The van der Waals surface area contributed by atoms with Gasteiger partial charge in [0.05, 0.1) is 23.7 Å². The van der Waals surface area contributed by atoms with Crippen molar-refractivity contribution in [2.45, 2.75) is 45.3 Å². The molecule has 0 bridgehead atoms. The number of rotatable bonds is 3. The van der Waals surface area contributed by atoms with E-state index >= 15 is 0 Å². The molecule has 7 nitrogen and oxygen atoms in total. The zero-order valence-corrected chi connectivity index (χ0v) is 16.7. The summed E-state index contributed by atoms with van der Waals surface area (Å²) < 4.78 is 25.2. The van der Waals surface area contributed by atoms with E-state index in [0.29, 0.717) is 37.5 Å². The zero-order chi connectivity index (χ0) is 20.3. The zero-order valence-electron chi connectivity index (χ0n) is 16.0. The van der Waals surface area contributed by atoms with Gasteiger partial charge in [0, 0.05) is 38.2 Å². The summed E-state index contributed by atoms with van der Waals surface area (Å²) in [7, 11) is 0. The smallest absolute Gasteiger partial charge is 0.410 e. The minimum atomic E-state index is -0.516. The van der Waals surface area contributed by atoms with Crippen molar-refractivity contribution in [2.75, 3.05) is 13.1 Å². The van der Waals surface area contributed by atoms with Crippen LogP contribution in [0.15, 0.2) is 24.7 Å². The second-order valence-electron chi connectivity index (χ2n) is 7.51. The fraction of sp³-hybridized carbons (Fsp3) is 0.474. The first-order valence-corrected chi connectivity index (χ1v) is 9.37. The van der Waals surface area contributed by atoms with E-state index in [0.717, 1.165) is 6.07 Å². The van der Waals surface area contributed by atoms with Gasteiger partial charge in [-0.3, -0.25) is 0 Å². The molecule has 1 aliphatic heterocycles. The second kappa shape index (κ2) is 8.26. The number of carbonyl (C=O) groups is 1. The summed E-state index contributed by atoms with van der Waals surface area (Å²) in [6, 6.07) is 1.13. The van der Waals surface area contributed by atoms with Crippen molar-refractivity contribution in [3.05, 3.63) is 35.6 Å². The Morgan fingerprint density at radius 3 is 2.46 bits per heavy atom. The molecule has 2 aromatic rings. The normalized spacial score (nSPS) is 15.4. The van der Waals surface area contributed by atoms with E-state index in [9.17, 15) is 9.18 Å². The van der Waals surface area contributed by atoms with Crippen LogP contribution in [0.2, 0.25) is 5.15 Å². The van der Waals surface area contributed by atoms with E-state index in [4.69, 9.17) is 21.1 Å². The van der Waals surface area contributed by atoms with Crippen molar-refractivity contribution in [3.63, 3.8) is 0 Å². The number of hydrogen-bond acceptors (Lipinski definition) is 6. The van der Waals surface area contributed by atoms with Crippen LogP contribution < -0.4 is 4.74 Å². The van der Waals surface area contributed by atoms with Crippen LogP contribution >= 0.6 is 11.6 Å². The van der Waals surface area contributed by atoms with Crippen LogP contribution in [-0.4, -0.2) is 50.7 Å². The Morgan fingerprint density at radius 1 is 1.18 bits per heavy atom. The maximum atomic E-state index is 13.9. The number of halogens is 2. The minimum Gasteiger partial charge on any atom is -0.473 e. The minimum absolute atomic E-state index is 0.0758. The van der Waals surface area contributed by atoms with Crippen LogP contribution in [0.5, 0.6) is 5.88 Å².